The van der Waals surface area contributed by atoms with E-state index in [1.54, 1.807) is 0 Å². The second kappa shape index (κ2) is 2.47. The van der Waals surface area contributed by atoms with E-state index in [-0.39, 0.29) is 6.54 Å². The van der Waals surface area contributed by atoms with Crippen LogP contribution in [0, 0.1) is 0 Å². The van der Waals surface area contributed by atoms with E-state index in [1.165, 1.54) is 0 Å². The van der Waals surface area contributed by atoms with Crippen molar-refractivity contribution < 1.29 is 14.4 Å². The van der Waals surface area contributed by atoms with Gasteiger partial charge in [-0.1, -0.05) is 0 Å². The molecule has 1 saturated heterocycles. The Morgan fingerprint density at radius 2 is 2.10 bits per heavy atom. The van der Waals surface area contributed by atoms with E-state index in [0.717, 1.165) is 0 Å². The number of piperazine rings is 1. The SMILES string of the molecule is O=C[C@H]1CNC(=O)C(=O)N1. The first-order valence-corrected chi connectivity index (χ1v) is 2.78. The van der Waals surface area contributed by atoms with Gasteiger partial charge in [-0.05, 0) is 0 Å². The average molecular weight is 142 g/mol. The third-order valence-electron chi connectivity index (χ3n) is 1.17. The molecule has 0 unspecified atom stereocenters. The van der Waals surface area contributed by atoms with Crippen LogP contribution < -0.4 is 10.6 Å². The highest BCUT2D eigenvalue weighted by Crippen LogP contribution is 1.83. The number of rotatable bonds is 1. The van der Waals surface area contributed by atoms with Gasteiger partial charge in [0, 0.05) is 6.54 Å². The van der Waals surface area contributed by atoms with E-state index >= 15 is 0 Å². The minimum atomic E-state index is -0.747. The second-order valence-electron chi connectivity index (χ2n) is 1.93. The molecule has 0 radical (unpaired) electrons. The van der Waals surface area contributed by atoms with E-state index in [9.17, 15) is 14.4 Å². The largest absolute Gasteiger partial charge is 0.345 e. The Labute approximate surface area is 56.8 Å². The molecule has 5 heteroatoms. The van der Waals surface area contributed by atoms with Crippen molar-refractivity contribution in [3.8, 4) is 0 Å². The minimum Gasteiger partial charge on any atom is -0.345 e. The third kappa shape index (κ3) is 1.12. The number of carbonyl (C=O) groups is 3. The van der Waals surface area contributed by atoms with Crippen molar-refractivity contribution >= 4 is 18.1 Å². The lowest BCUT2D eigenvalue weighted by Crippen LogP contribution is -2.56. The molecule has 0 aliphatic carbocycles. The molecule has 2 amide bonds. The molecule has 0 bridgehead atoms. The summed E-state index contributed by atoms with van der Waals surface area (Å²) >= 11 is 0. The lowest BCUT2D eigenvalue weighted by Gasteiger charge is -2.17. The van der Waals surface area contributed by atoms with Gasteiger partial charge in [0.05, 0.1) is 0 Å². The fraction of sp³-hybridized carbons (Fsp3) is 0.400. The molecule has 10 heavy (non-hydrogen) atoms. The number of nitrogens with one attached hydrogen (secondary N) is 2. The van der Waals surface area contributed by atoms with Gasteiger partial charge in [-0.2, -0.15) is 0 Å². The van der Waals surface area contributed by atoms with Crippen LogP contribution in [0.25, 0.3) is 0 Å². The quantitative estimate of drug-likeness (QED) is 0.322. The van der Waals surface area contributed by atoms with Gasteiger partial charge in [0.1, 0.15) is 12.3 Å². The number of hydrogen-bond donors (Lipinski definition) is 2. The van der Waals surface area contributed by atoms with Crippen molar-refractivity contribution in [2.24, 2.45) is 0 Å². The number of hydrogen-bond acceptors (Lipinski definition) is 3. The van der Waals surface area contributed by atoms with E-state index < -0.39 is 17.9 Å². The van der Waals surface area contributed by atoms with E-state index in [2.05, 4.69) is 10.6 Å². The Hall–Kier alpha value is -1.39. The predicted molar refractivity (Wildman–Crippen MR) is 31.0 cm³/mol. The Bertz CT molecular complexity index is 189. The van der Waals surface area contributed by atoms with Crippen molar-refractivity contribution in [3.63, 3.8) is 0 Å². The predicted octanol–water partition coefficient (Wildman–Crippen LogP) is -2.20. The van der Waals surface area contributed by atoms with Crippen molar-refractivity contribution in [2.75, 3.05) is 6.54 Å². The molecule has 1 heterocycles. The Balaban J connectivity index is 2.56. The molecule has 0 aromatic rings. The van der Waals surface area contributed by atoms with Crippen LogP contribution in [-0.2, 0) is 14.4 Å². The first kappa shape index (κ1) is 6.73. The van der Waals surface area contributed by atoms with Crippen molar-refractivity contribution in [3.05, 3.63) is 0 Å². The number of aldehydes is 1. The maximum Gasteiger partial charge on any atom is 0.309 e. The molecule has 1 aliphatic heterocycles. The summed E-state index contributed by atoms with van der Waals surface area (Å²) in [6, 6.07) is -0.565. The standard InChI is InChI=1S/C5H6N2O3/c8-2-3-1-6-4(9)5(10)7-3/h2-3H,1H2,(H,6,9)(H,7,10)/t3-/m1/s1. The van der Waals surface area contributed by atoms with Gasteiger partial charge >= 0.3 is 11.8 Å². The maximum atomic E-state index is 10.5. The Morgan fingerprint density at radius 3 is 2.60 bits per heavy atom. The highest BCUT2D eigenvalue weighted by Gasteiger charge is 2.23. The molecule has 0 saturated carbocycles. The topological polar surface area (TPSA) is 75.3 Å². The third-order valence-corrected chi connectivity index (χ3v) is 1.17. The van der Waals surface area contributed by atoms with Gasteiger partial charge < -0.3 is 15.4 Å². The van der Waals surface area contributed by atoms with Crippen LogP contribution in [0.1, 0.15) is 0 Å². The lowest BCUT2D eigenvalue weighted by atomic mass is 10.2. The van der Waals surface area contributed by atoms with Crippen LogP contribution in [0.2, 0.25) is 0 Å². The van der Waals surface area contributed by atoms with Gasteiger partial charge in [0.2, 0.25) is 0 Å². The van der Waals surface area contributed by atoms with Gasteiger partial charge in [-0.25, -0.2) is 0 Å². The van der Waals surface area contributed by atoms with E-state index in [1.807, 2.05) is 0 Å². The molecular weight excluding hydrogens is 136 g/mol. The van der Waals surface area contributed by atoms with Crippen LogP contribution in [0.4, 0.5) is 0 Å². The van der Waals surface area contributed by atoms with Crippen molar-refractivity contribution in [2.45, 2.75) is 6.04 Å². The van der Waals surface area contributed by atoms with Crippen molar-refractivity contribution in [1.82, 2.24) is 10.6 Å². The summed E-state index contributed by atoms with van der Waals surface area (Å²) < 4.78 is 0. The smallest absolute Gasteiger partial charge is 0.309 e. The summed E-state index contributed by atoms with van der Waals surface area (Å²) in [7, 11) is 0. The summed E-state index contributed by atoms with van der Waals surface area (Å²) in [6.45, 7) is 0.189. The van der Waals surface area contributed by atoms with Crippen LogP contribution in [0.3, 0.4) is 0 Å². The molecule has 2 N–H and O–H groups in total. The number of carbonyl (C=O) groups excluding carboxylic acids is 3. The molecule has 0 spiro atoms. The average Bonchev–Trinajstić information content (AvgIpc) is 1.95. The highest BCUT2D eigenvalue weighted by molar-refractivity contribution is 6.36. The molecule has 0 aromatic carbocycles. The van der Waals surface area contributed by atoms with E-state index in [0.29, 0.717) is 6.29 Å². The van der Waals surface area contributed by atoms with Crippen LogP contribution in [0.5, 0.6) is 0 Å². The highest BCUT2D eigenvalue weighted by atomic mass is 16.2. The Morgan fingerprint density at radius 1 is 1.40 bits per heavy atom. The fourth-order valence-electron chi connectivity index (χ4n) is 0.650. The molecule has 1 fully saturated rings. The summed E-state index contributed by atoms with van der Waals surface area (Å²) in [5.74, 6) is -1.43. The first-order chi connectivity index (χ1) is 4.74. The second-order valence-corrected chi connectivity index (χ2v) is 1.93. The first-order valence-electron chi connectivity index (χ1n) is 2.78. The minimum absolute atomic E-state index is 0.189. The summed E-state index contributed by atoms with van der Waals surface area (Å²) in [5, 5.41) is 4.45. The molecule has 1 atom stereocenters. The van der Waals surface area contributed by atoms with Gasteiger partial charge in [0.25, 0.3) is 0 Å². The Kier molecular flexibility index (Phi) is 1.66. The maximum absolute atomic E-state index is 10.5. The zero-order valence-corrected chi connectivity index (χ0v) is 5.09. The lowest BCUT2D eigenvalue weighted by molar-refractivity contribution is -0.141. The molecule has 1 rings (SSSR count). The van der Waals surface area contributed by atoms with Crippen LogP contribution >= 0.6 is 0 Å². The molecule has 0 aromatic heterocycles. The van der Waals surface area contributed by atoms with Gasteiger partial charge in [-0.3, -0.25) is 9.59 Å². The monoisotopic (exact) mass is 142 g/mol. The van der Waals surface area contributed by atoms with Gasteiger partial charge in [-0.15, -0.1) is 0 Å². The summed E-state index contributed by atoms with van der Waals surface area (Å²) in [5.41, 5.74) is 0. The normalized spacial score (nSPS) is 25.0. The van der Waals surface area contributed by atoms with E-state index in [4.69, 9.17) is 0 Å². The molecular formula is C5H6N2O3. The van der Waals surface area contributed by atoms with Crippen molar-refractivity contribution in [1.29, 1.82) is 0 Å². The summed E-state index contributed by atoms with van der Waals surface area (Å²) in [6.07, 6.45) is 0.581. The molecule has 5 nitrogen and oxygen atoms in total. The molecule has 1 aliphatic rings. The van der Waals surface area contributed by atoms with Crippen LogP contribution in [0.15, 0.2) is 0 Å². The van der Waals surface area contributed by atoms with Gasteiger partial charge in [0.15, 0.2) is 0 Å². The van der Waals surface area contributed by atoms with Crippen LogP contribution in [-0.4, -0.2) is 30.7 Å². The number of amides is 2. The molecule has 54 valence electrons. The zero-order chi connectivity index (χ0) is 7.56. The summed E-state index contributed by atoms with van der Waals surface area (Å²) in [4.78, 5) is 30.9. The fourth-order valence-corrected chi connectivity index (χ4v) is 0.650. The zero-order valence-electron chi connectivity index (χ0n) is 5.09.